The minimum atomic E-state index is 0.275. The Morgan fingerprint density at radius 3 is 2.86 bits per heavy atom. The lowest BCUT2D eigenvalue weighted by Gasteiger charge is -2.32. The number of rotatable bonds is 5. The van der Waals surface area contributed by atoms with Crippen molar-refractivity contribution in [3.63, 3.8) is 0 Å². The highest BCUT2D eigenvalue weighted by Crippen LogP contribution is 2.24. The number of hydrogen-bond acceptors (Lipinski definition) is 6. The second-order valence-electron chi connectivity index (χ2n) is 5.51. The second-order valence-corrected chi connectivity index (χ2v) is 5.51. The zero-order chi connectivity index (χ0) is 15.4. The van der Waals surface area contributed by atoms with Crippen LogP contribution in [0.15, 0.2) is 18.5 Å². The van der Waals surface area contributed by atoms with Gasteiger partial charge in [0.2, 0.25) is 0 Å². The quantitative estimate of drug-likeness (QED) is 0.726. The smallest absolute Gasteiger partial charge is 0.179 e. The lowest BCUT2D eigenvalue weighted by atomic mass is 9.94. The normalized spacial score (nSPS) is 16.0. The molecule has 116 valence electrons. The molecule has 0 amide bonds. The summed E-state index contributed by atoms with van der Waals surface area (Å²) >= 11 is 0. The average Bonchev–Trinajstić information content (AvgIpc) is 3.05. The summed E-state index contributed by atoms with van der Waals surface area (Å²) in [6.07, 6.45) is 7.63. The van der Waals surface area contributed by atoms with Crippen LogP contribution in [0.3, 0.4) is 0 Å². The molecule has 3 N–H and O–H groups in total. The summed E-state index contributed by atoms with van der Waals surface area (Å²) in [6.45, 7) is 2.18. The van der Waals surface area contributed by atoms with E-state index in [0.29, 0.717) is 17.6 Å². The molecule has 22 heavy (non-hydrogen) atoms. The lowest BCUT2D eigenvalue weighted by Crippen LogP contribution is -2.34. The van der Waals surface area contributed by atoms with Gasteiger partial charge < -0.3 is 20.4 Å². The fraction of sp³-hybridized carbons (Fsp3) is 0.467. The van der Waals surface area contributed by atoms with E-state index in [0.717, 1.165) is 43.9 Å². The molecule has 3 heterocycles. The van der Waals surface area contributed by atoms with Gasteiger partial charge in [0.1, 0.15) is 17.3 Å². The molecule has 0 atom stereocenters. The first-order valence-corrected chi connectivity index (χ1v) is 7.55. The number of nitrogens with one attached hydrogen (secondary N) is 2. The van der Waals surface area contributed by atoms with Gasteiger partial charge in [0, 0.05) is 25.9 Å². The molecule has 1 saturated heterocycles. The van der Waals surface area contributed by atoms with Crippen LogP contribution in [0.5, 0.6) is 0 Å². The number of aromatic amines is 1. The Hall–Kier alpha value is -2.28. The number of hydrogen-bond donors (Lipinski definition) is 3. The van der Waals surface area contributed by atoms with Crippen molar-refractivity contribution in [3.05, 3.63) is 24.3 Å². The van der Waals surface area contributed by atoms with Gasteiger partial charge in [0.25, 0.3) is 0 Å². The molecular formula is C15H20N6O. The summed E-state index contributed by atoms with van der Waals surface area (Å²) in [5.74, 6) is 2.62. The van der Waals surface area contributed by atoms with Crippen LogP contribution in [0.4, 0.5) is 5.82 Å². The van der Waals surface area contributed by atoms with E-state index in [9.17, 15) is 0 Å². The van der Waals surface area contributed by atoms with Gasteiger partial charge in [-0.2, -0.15) is 0 Å². The summed E-state index contributed by atoms with van der Waals surface area (Å²) in [5, 5.41) is 16.2. The Labute approximate surface area is 129 Å². The van der Waals surface area contributed by atoms with Crippen molar-refractivity contribution >= 4 is 12.0 Å². The highest BCUT2D eigenvalue weighted by molar-refractivity contribution is 5.72. The third-order valence-electron chi connectivity index (χ3n) is 4.09. The van der Waals surface area contributed by atoms with Gasteiger partial charge in [-0.25, -0.2) is 15.0 Å². The minimum absolute atomic E-state index is 0.275. The van der Waals surface area contributed by atoms with Crippen molar-refractivity contribution in [1.82, 2.24) is 19.9 Å². The SMILES string of the molecule is N=Cc1ncc(-c2nccc(N3CCC(CCO)CC3)n2)[nH]1. The van der Waals surface area contributed by atoms with E-state index in [1.165, 1.54) is 6.21 Å². The predicted molar refractivity (Wildman–Crippen MR) is 84.1 cm³/mol. The molecule has 0 aliphatic carbocycles. The Kier molecular flexibility index (Phi) is 4.43. The second kappa shape index (κ2) is 6.65. The fourth-order valence-corrected chi connectivity index (χ4v) is 2.81. The van der Waals surface area contributed by atoms with Crippen molar-refractivity contribution in [2.24, 2.45) is 5.92 Å². The van der Waals surface area contributed by atoms with Crippen molar-refractivity contribution in [1.29, 1.82) is 5.41 Å². The van der Waals surface area contributed by atoms with Crippen LogP contribution in [0, 0.1) is 11.3 Å². The predicted octanol–water partition coefficient (Wildman–Crippen LogP) is 1.46. The topological polar surface area (TPSA) is 102 Å². The maximum absolute atomic E-state index is 9.03. The molecule has 1 aliphatic heterocycles. The van der Waals surface area contributed by atoms with Crippen molar-refractivity contribution in [3.8, 4) is 11.5 Å². The number of aliphatic hydroxyl groups excluding tert-OH is 1. The summed E-state index contributed by atoms with van der Waals surface area (Å²) < 4.78 is 0. The van der Waals surface area contributed by atoms with Gasteiger partial charge in [-0.1, -0.05) is 0 Å². The van der Waals surface area contributed by atoms with Crippen LogP contribution in [-0.2, 0) is 0 Å². The average molecular weight is 300 g/mol. The van der Waals surface area contributed by atoms with E-state index in [1.807, 2.05) is 6.07 Å². The molecule has 1 fully saturated rings. The van der Waals surface area contributed by atoms with Crippen molar-refractivity contribution in [2.75, 3.05) is 24.6 Å². The molecule has 1 aliphatic rings. The minimum Gasteiger partial charge on any atom is -0.396 e. The first kappa shape index (κ1) is 14.6. The fourth-order valence-electron chi connectivity index (χ4n) is 2.81. The lowest BCUT2D eigenvalue weighted by molar-refractivity contribution is 0.240. The van der Waals surface area contributed by atoms with E-state index in [4.69, 9.17) is 10.5 Å². The zero-order valence-electron chi connectivity index (χ0n) is 12.4. The molecule has 0 bridgehead atoms. The zero-order valence-corrected chi connectivity index (χ0v) is 12.4. The Morgan fingerprint density at radius 1 is 1.36 bits per heavy atom. The Balaban J connectivity index is 1.73. The number of aliphatic hydroxyl groups is 1. The third kappa shape index (κ3) is 3.14. The van der Waals surface area contributed by atoms with Crippen LogP contribution in [0.1, 0.15) is 25.1 Å². The van der Waals surface area contributed by atoms with E-state index in [1.54, 1.807) is 12.4 Å². The number of aromatic nitrogens is 4. The number of anilines is 1. The van der Waals surface area contributed by atoms with Crippen LogP contribution in [-0.4, -0.2) is 51.0 Å². The van der Waals surface area contributed by atoms with Crippen LogP contribution in [0.2, 0.25) is 0 Å². The van der Waals surface area contributed by atoms with E-state index in [2.05, 4.69) is 24.8 Å². The molecule has 0 unspecified atom stereocenters. The van der Waals surface area contributed by atoms with E-state index >= 15 is 0 Å². The summed E-state index contributed by atoms with van der Waals surface area (Å²) in [6, 6.07) is 1.92. The largest absolute Gasteiger partial charge is 0.396 e. The van der Waals surface area contributed by atoms with Crippen LogP contribution >= 0.6 is 0 Å². The van der Waals surface area contributed by atoms with Gasteiger partial charge in [0.15, 0.2) is 5.82 Å². The first-order chi connectivity index (χ1) is 10.8. The van der Waals surface area contributed by atoms with Crippen LogP contribution in [0.25, 0.3) is 11.5 Å². The molecular weight excluding hydrogens is 280 g/mol. The highest BCUT2D eigenvalue weighted by Gasteiger charge is 2.20. The van der Waals surface area contributed by atoms with Gasteiger partial charge in [-0.05, 0) is 31.2 Å². The van der Waals surface area contributed by atoms with Gasteiger partial charge in [-0.15, -0.1) is 0 Å². The maximum Gasteiger partial charge on any atom is 0.179 e. The highest BCUT2D eigenvalue weighted by atomic mass is 16.3. The van der Waals surface area contributed by atoms with E-state index < -0.39 is 0 Å². The van der Waals surface area contributed by atoms with Crippen LogP contribution < -0.4 is 4.90 Å². The van der Waals surface area contributed by atoms with Gasteiger partial charge in [-0.3, -0.25) is 0 Å². The molecule has 7 heteroatoms. The van der Waals surface area contributed by atoms with Crippen molar-refractivity contribution < 1.29 is 5.11 Å². The molecule has 2 aromatic heterocycles. The first-order valence-electron chi connectivity index (χ1n) is 7.55. The molecule has 0 aromatic carbocycles. The maximum atomic E-state index is 9.03. The third-order valence-corrected chi connectivity index (χ3v) is 4.09. The molecule has 2 aromatic rings. The number of nitrogens with zero attached hydrogens (tertiary/aromatic N) is 4. The molecule has 0 spiro atoms. The van der Waals surface area contributed by atoms with Crippen molar-refractivity contribution in [2.45, 2.75) is 19.3 Å². The molecule has 3 rings (SSSR count). The standard InChI is InChI=1S/C15H20N6O/c16-9-13-18-10-12(19-13)15-17-5-1-14(20-15)21-6-2-11(3-7-21)4-8-22/h1,5,9-11,16,22H,2-4,6-8H2,(H,18,19). The molecule has 7 nitrogen and oxygen atoms in total. The monoisotopic (exact) mass is 300 g/mol. The number of imidazole rings is 1. The van der Waals surface area contributed by atoms with Gasteiger partial charge in [0.05, 0.1) is 12.4 Å². The number of piperidine rings is 1. The Morgan fingerprint density at radius 2 is 2.18 bits per heavy atom. The Bertz CT molecular complexity index is 632. The van der Waals surface area contributed by atoms with E-state index in [-0.39, 0.29) is 6.61 Å². The summed E-state index contributed by atoms with van der Waals surface area (Å²) in [4.78, 5) is 18.2. The number of H-pyrrole nitrogens is 1. The molecule has 0 radical (unpaired) electrons. The summed E-state index contributed by atoms with van der Waals surface area (Å²) in [5.41, 5.74) is 0.718. The molecule has 0 saturated carbocycles. The van der Waals surface area contributed by atoms with Gasteiger partial charge >= 0.3 is 0 Å². The summed E-state index contributed by atoms with van der Waals surface area (Å²) in [7, 11) is 0.